The van der Waals surface area contributed by atoms with Gasteiger partial charge >= 0.3 is 5.91 Å². The van der Waals surface area contributed by atoms with Crippen molar-refractivity contribution < 1.29 is 19.0 Å². The van der Waals surface area contributed by atoms with Crippen molar-refractivity contribution in [3.63, 3.8) is 0 Å². The highest BCUT2D eigenvalue weighted by Gasteiger charge is 2.47. The van der Waals surface area contributed by atoms with Crippen LogP contribution in [0.4, 0.5) is 0 Å². The Balaban J connectivity index is 1.69. The molecule has 1 fully saturated rings. The zero-order valence-electron chi connectivity index (χ0n) is 17.7. The van der Waals surface area contributed by atoms with Crippen LogP contribution in [0.2, 0.25) is 5.02 Å². The number of hydrazine groups is 1. The summed E-state index contributed by atoms with van der Waals surface area (Å²) in [5, 5.41) is 3.50. The van der Waals surface area contributed by atoms with Gasteiger partial charge in [0, 0.05) is 21.7 Å². The van der Waals surface area contributed by atoms with E-state index in [9.17, 15) is 9.59 Å². The summed E-state index contributed by atoms with van der Waals surface area (Å²) in [5.74, 6) is 0.139. The van der Waals surface area contributed by atoms with Gasteiger partial charge in [-0.1, -0.05) is 41.4 Å². The third-order valence-electron chi connectivity index (χ3n) is 5.32. The Bertz CT molecular complexity index is 1170. The van der Waals surface area contributed by atoms with E-state index in [0.717, 1.165) is 22.4 Å². The van der Waals surface area contributed by atoms with Gasteiger partial charge in [0.25, 0.3) is 5.91 Å². The van der Waals surface area contributed by atoms with E-state index in [0.29, 0.717) is 10.6 Å². The summed E-state index contributed by atoms with van der Waals surface area (Å²) in [5.41, 5.74) is 6.06. The molecule has 0 spiro atoms. The first-order valence-corrected chi connectivity index (χ1v) is 10.5. The van der Waals surface area contributed by atoms with E-state index in [-0.39, 0.29) is 11.8 Å². The fourth-order valence-electron chi connectivity index (χ4n) is 3.70. The highest BCUT2D eigenvalue weighted by atomic mass is 35.5. The number of hydrogen-bond acceptors (Lipinski definition) is 3. The molecule has 162 valence electrons. The smallest absolute Gasteiger partial charge is 0.304 e. The second-order valence-corrected chi connectivity index (χ2v) is 8.04. The number of amides is 2. The number of benzene rings is 3. The van der Waals surface area contributed by atoms with Crippen molar-refractivity contribution in [3.8, 4) is 5.75 Å². The maximum Gasteiger partial charge on any atom is 0.304 e. The molecule has 3 aromatic carbocycles. The summed E-state index contributed by atoms with van der Waals surface area (Å²) >= 11 is 6.07. The second-order valence-electron chi connectivity index (χ2n) is 7.60. The fraction of sp³-hybridized carbons (Fsp3) is 0.160. The molecule has 4 rings (SSSR count). The van der Waals surface area contributed by atoms with Gasteiger partial charge in [-0.05, 0) is 55.5 Å². The zero-order chi connectivity index (χ0) is 22.7. The summed E-state index contributed by atoms with van der Waals surface area (Å²) in [7, 11) is 1.61. The van der Waals surface area contributed by atoms with Crippen molar-refractivity contribution in [2.24, 2.45) is 0 Å². The average Bonchev–Trinajstić information content (AvgIpc) is 3.09. The minimum atomic E-state index is -0.793. The van der Waals surface area contributed by atoms with Crippen LogP contribution in [0.3, 0.4) is 0 Å². The minimum Gasteiger partial charge on any atom is -0.497 e. The SMILES string of the molecule is COc1ccc(/C=[N+]2\NC(=O)[C@H](NC(=O)c3cccc(C)c3)[C@H]2c2ccc(Cl)cc2)cc1. The molecule has 0 unspecified atom stereocenters. The van der Waals surface area contributed by atoms with Crippen LogP contribution in [0.15, 0.2) is 72.8 Å². The number of nitrogens with one attached hydrogen (secondary N) is 2. The Hall–Kier alpha value is -3.64. The number of hydrazone groups is 1. The molecule has 1 aliphatic heterocycles. The fourth-order valence-corrected chi connectivity index (χ4v) is 3.83. The van der Waals surface area contributed by atoms with Crippen LogP contribution in [0.5, 0.6) is 5.75 Å². The molecule has 0 aromatic heterocycles. The van der Waals surface area contributed by atoms with Crippen LogP contribution in [0.1, 0.15) is 33.1 Å². The Morgan fingerprint density at radius 2 is 1.81 bits per heavy atom. The zero-order valence-corrected chi connectivity index (χ0v) is 18.5. The lowest BCUT2D eigenvalue weighted by Gasteiger charge is -2.15. The highest BCUT2D eigenvalue weighted by molar-refractivity contribution is 6.30. The van der Waals surface area contributed by atoms with Crippen molar-refractivity contribution in [1.82, 2.24) is 10.7 Å². The van der Waals surface area contributed by atoms with Crippen molar-refractivity contribution >= 4 is 29.6 Å². The quantitative estimate of drug-likeness (QED) is 0.585. The van der Waals surface area contributed by atoms with E-state index in [4.69, 9.17) is 16.3 Å². The van der Waals surface area contributed by atoms with Crippen molar-refractivity contribution in [1.29, 1.82) is 0 Å². The molecule has 1 saturated heterocycles. The van der Waals surface area contributed by atoms with Crippen LogP contribution in [0, 0.1) is 6.92 Å². The molecule has 0 bridgehead atoms. The molecular weight excluding hydrogens is 426 g/mol. The predicted molar refractivity (Wildman–Crippen MR) is 123 cm³/mol. The number of rotatable bonds is 5. The molecule has 2 amide bonds. The van der Waals surface area contributed by atoms with Gasteiger partial charge in [0.1, 0.15) is 5.75 Å². The average molecular weight is 449 g/mol. The van der Waals surface area contributed by atoms with Gasteiger partial charge in [-0.2, -0.15) is 0 Å². The first kappa shape index (κ1) is 21.6. The van der Waals surface area contributed by atoms with E-state index in [2.05, 4.69) is 10.7 Å². The number of halogens is 1. The van der Waals surface area contributed by atoms with E-state index in [1.54, 1.807) is 36.1 Å². The summed E-state index contributed by atoms with van der Waals surface area (Å²) in [4.78, 5) is 25.8. The van der Waals surface area contributed by atoms with Crippen molar-refractivity contribution in [3.05, 3.63) is 100 Å². The molecule has 6 nitrogen and oxygen atoms in total. The third-order valence-corrected chi connectivity index (χ3v) is 5.57. The van der Waals surface area contributed by atoms with Gasteiger partial charge in [-0.15, -0.1) is 10.1 Å². The molecule has 32 heavy (non-hydrogen) atoms. The second kappa shape index (κ2) is 9.24. The molecule has 0 aliphatic carbocycles. The van der Waals surface area contributed by atoms with E-state index in [1.165, 1.54) is 0 Å². The third kappa shape index (κ3) is 4.65. The summed E-state index contributed by atoms with van der Waals surface area (Å²) < 4.78 is 6.93. The maximum absolute atomic E-state index is 12.9. The largest absolute Gasteiger partial charge is 0.497 e. The lowest BCUT2D eigenvalue weighted by molar-refractivity contribution is -0.596. The van der Waals surface area contributed by atoms with E-state index < -0.39 is 12.1 Å². The molecule has 0 saturated carbocycles. The molecule has 2 N–H and O–H groups in total. The van der Waals surface area contributed by atoms with Gasteiger partial charge in [-0.25, -0.2) is 0 Å². The van der Waals surface area contributed by atoms with Crippen molar-refractivity contribution in [2.75, 3.05) is 7.11 Å². The highest BCUT2D eigenvalue weighted by Crippen LogP contribution is 2.27. The van der Waals surface area contributed by atoms with Crippen LogP contribution in [0.25, 0.3) is 0 Å². The topological polar surface area (TPSA) is 70.4 Å². The monoisotopic (exact) mass is 448 g/mol. The standard InChI is InChI=1S/C25H22ClN3O3/c1-16-4-3-5-19(14-16)24(30)27-22-23(18-8-10-20(26)11-9-18)29(28-25(22)31)15-17-6-12-21(32-2)13-7-17/h3-15,22-23H,1-2H3,(H-,27,28,30,31)/p+1/b29-15-/t22-,23-/m1/s1. The molecule has 1 heterocycles. The van der Waals surface area contributed by atoms with Crippen LogP contribution >= 0.6 is 11.6 Å². The number of carbonyl (C=O) groups excluding carboxylic acids is 2. The number of ether oxygens (including phenoxy) is 1. The molecule has 3 aromatic rings. The molecule has 7 heteroatoms. The first-order chi connectivity index (χ1) is 15.4. The Morgan fingerprint density at radius 1 is 1.09 bits per heavy atom. The Labute approximate surface area is 191 Å². The number of hydrogen-bond donors (Lipinski definition) is 2. The van der Waals surface area contributed by atoms with Gasteiger partial charge in [-0.3, -0.25) is 9.59 Å². The number of methoxy groups -OCH3 is 1. The number of aryl methyl sites for hydroxylation is 1. The Morgan fingerprint density at radius 3 is 2.47 bits per heavy atom. The van der Waals surface area contributed by atoms with E-state index >= 15 is 0 Å². The van der Waals surface area contributed by atoms with Gasteiger partial charge in [0.05, 0.1) is 7.11 Å². The minimum absolute atomic E-state index is 0.296. The van der Waals surface area contributed by atoms with Crippen LogP contribution in [-0.4, -0.2) is 35.9 Å². The number of carbonyl (C=O) groups is 2. The lowest BCUT2D eigenvalue weighted by atomic mass is 9.99. The molecule has 2 atom stereocenters. The lowest BCUT2D eigenvalue weighted by Crippen LogP contribution is -2.42. The first-order valence-electron chi connectivity index (χ1n) is 10.2. The van der Waals surface area contributed by atoms with Gasteiger partial charge in [0.2, 0.25) is 12.3 Å². The molecule has 0 radical (unpaired) electrons. The Kier molecular flexibility index (Phi) is 6.23. The summed E-state index contributed by atoms with van der Waals surface area (Å²) in [6, 6.07) is 20.7. The maximum atomic E-state index is 12.9. The van der Waals surface area contributed by atoms with E-state index in [1.807, 2.05) is 61.7 Å². The van der Waals surface area contributed by atoms with Crippen LogP contribution < -0.4 is 15.5 Å². The van der Waals surface area contributed by atoms with Gasteiger partial charge in [0.15, 0.2) is 6.04 Å². The summed E-state index contributed by atoms with van der Waals surface area (Å²) in [6.07, 6.45) is 1.83. The normalized spacial score (nSPS) is 19.0. The summed E-state index contributed by atoms with van der Waals surface area (Å²) in [6.45, 7) is 1.92. The van der Waals surface area contributed by atoms with Gasteiger partial charge < -0.3 is 10.1 Å². The molecule has 1 aliphatic rings. The number of nitrogens with zero attached hydrogens (tertiary/aromatic N) is 1. The van der Waals surface area contributed by atoms with Crippen LogP contribution in [-0.2, 0) is 4.79 Å². The molecular formula is C25H23ClN3O3+. The van der Waals surface area contributed by atoms with Crippen molar-refractivity contribution in [2.45, 2.75) is 19.0 Å². The predicted octanol–water partition coefficient (Wildman–Crippen LogP) is 3.67.